The van der Waals surface area contributed by atoms with Crippen LogP contribution in [0.5, 0.6) is 5.75 Å². The Balaban J connectivity index is 2.53. The summed E-state index contributed by atoms with van der Waals surface area (Å²) in [7, 11) is 0. The van der Waals surface area contributed by atoms with Crippen molar-refractivity contribution in [1.82, 2.24) is 5.32 Å². The molecule has 0 radical (unpaired) electrons. The molecule has 0 saturated heterocycles. The first kappa shape index (κ1) is 12.6. The molecule has 0 saturated carbocycles. The van der Waals surface area contributed by atoms with Gasteiger partial charge in [-0.1, -0.05) is 18.1 Å². The van der Waals surface area contributed by atoms with Crippen LogP contribution in [-0.2, 0) is 0 Å². The largest absolute Gasteiger partial charge is 0.489 e. The van der Waals surface area contributed by atoms with Crippen molar-refractivity contribution in [3.8, 4) is 18.1 Å². The van der Waals surface area contributed by atoms with Crippen LogP contribution >= 0.6 is 0 Å². The maximum Gasteiger partial charge on any atom is 0.122 e. The molecular formula is C14H19NO. The molecule has 0 spiro atoms. The average Bonchev–Trinajstić information content (AvgIpc) is 2.25. The lowest BCUT2D eigenvalue weighted by Gasteiger charge is -2.17. The van der Waals surface area contributed by atoms with Crippen molar-refractivity contribution in [2.24, 2.45) is 0 Å². The summed E-state index contributed by atoms with van der Waals surface area (Å²) in [6.07, 6.45) is 5.28. The predicted molar refractivity (Wildman–Crippen MR) is 67.7 cm³/mol. The minimum atomic E-state index is 0.119. The minimum Gasteiger partial charge on any atom is -0.489 e. The Bertz CT molecular complexity index is 379. The van der Waals surface area contributed by atoms with Crippen LogP contribution in [0.3, 0.4) is 0 Å². The van der Waals surface area contributed by atoms with Crippen molar-refractivity contribution in [2.75, 3.05) is 13.1 Å². The molecule has 0 aliphatic rings. The molecule has 2 nitrogen and oxygen atoms in total. The summed E-state index contributed by atoms with van der Waals surface area (Å²) < 4.78 is 5.84. The summed E-state index contributed by atoms with van der Waals surface area (Å²) in [6.45, 7) is 7.54. The summed E-state index contributed by atoms with van der Waals surface area (Å²) in [5.74, 6) is 3.49. The molecule has 0 amide bonds. The number of hydrogen-bond donors (Lipinski definition) is 1. The standard InChI is InChI=1S/C14H19NO/c1-5-9-15-10-12(3)16-14-8-6-7-11(2)13(14)4/h1,6-8,12,15H,9-10H2,2-4H3. The van der Waals surface area contributed by atoms with E-state index in [0.717, 1.165) is 12.3 Å². The summed E-state index contributed by atoms with van der Waals surface area (Å²) in [6, 6.07) is 6.10. The Hall–Kier alpha value is -1.46. The second-order valence-corrected chi connectivity index (χ2v) is 3.96. The Morgan fingerprint density at radius 1 is 1.44 bits per heavy atom. The van der Waals surface area contributed by atoms with Crippen LogP contribution in [0.1, 0.15) is 18.1 Å². The highest BCUT2D eigenvalue weighted by Crippen LogP contribution is 2.21. The first-order chi connectivity index (χ1) is 7.65. The molecule has 0 bridgehead atoms. The molecule has 1 rings (SSSR count). The van der Waals surface area contributed by atoms with Gasteiger partial charge in [-0.05, 0) is 38.0 Å². The van der Waals surface area contributed by atoms with Gasteiger partial charge in [0.25, 0.3) is 0 Å². The van der Waals surface area contributed by atoms with Crippen molar-refractivity contribution in [3.63, 3.8) is 0 Å². The monoisotopic (exact) mass is 217 g/mol. The lowest BCUT2D eigenvalue weighted by molar-refractivity contribution is 0.217. The van der Waals surface area contributed by atoms with Crippen molar-refractivity contribution in [3.05, 3.63) is 29.3 Å². The van der Waals surface area contributed by atoms with Gasteiger partial charge in [-0.25, -0.2) is 0 Å². The van der Waals surface area contributed by atoms with Crippen LogP contribution in [0.25, 0.3) is 0 Å². The molecule has 16 heavy (non-hydrogen) atoms. The maximum atomic E-state index is 5.84. The third-order valence-corrected chi connectivity index (χ3v) is 2.54. The predicted octanol–water partition coefficient (Wildman–Crippen LogP) is 2.29. The highest BCUT2D eigenvalue weighted by Gasteiger charge is 2.06. The van der Waals surface area contributed by atoms with Gasteiger partial charge in [0.1, 0.15) is 11.9 Å². The highest BCUT2D eigenvalue weighted by atomic mass is 16.5. The number of ether oxygens (including phenoxy) is 1. The second kappa shape index (κ2) is 6.19. The van der Waals surface area contributed by atoms with Crippen LogP contribution < -0.4 is 10.1 Å². The first-order valence-electron chi connectivity index (χ1n) is 5.52. The van der Waals surface area contributed by atoms with Gasteiger partial charge in [0, 0.05) is 6.54 Å². The van der Waals surface area contributed by atoms with Gasteiger partial charge in [0.2, 0.25) is 0 Å². The molecule has 0 fully saturated rings. The second-order valence-electron chi connectivity index (χ2n) is 3.96. The van der Waals surface area contributed by atoms with Crippen molar-refractivity contribution < 1.29 is 4.74 Å². The molecule has 1 atom stereocenters. The normalized spacial score (nSPS) is 11.9. The van der Waals surface area contributed by atoms with E-state index >= 15 is 0 Å². The van der Waals surface area contributed by atoms with E-state index in [0.29, 0.717) is 6.54 Å². The molecule has 0 aliphatic heterocycles. The van der Waals surface area contributed by atoms with E-state index < -0.39 is 0 Å². The lowest BCUT2D eigenvalue weighted by atomic mass is 10.1. The number of benzene rings is 1. The summed E-state index contributed by atoms with van der Waals surface area (Å²) in [5.41, 5.74) is 2.45. The number of hydrogen-bond acceptors (Lipinski definition) is 2. The molecule has 0 heterocycles. The molecular weight excluding hydrogens is 198 g/mol. The summed E-state index contributed by atoms with van der Waals surface area (Å²) in [5, 5.41) is 3.13. The molecule has 1 N–H and O–H groups in total. The molecule has 0 aromatic heterocycles. The Kier molecular flexibility index (Phi) is 4.88. The first-order valence-corrected chi connectivity index (χ1v) is 5.52. The topological polar surface area (TPSA) is 21.3 Å². The third-order valence-electron chi connectivity index (χ3n) is 2.54. The van der Waals surface area contributed by atoms with E-state index in [-0.39, 0.29) is 6.10 Å². The van der Waals surface area contributed by atoms with Crippen molar-refractivity contribution in [2.45, 2.75) is 26.9 Å². The van der Waals surface area contributed by atoms with Gasteiger partial charge in [-0.15, -0.1) is 6.42 Å². The summed E-state index contributed by atoms with van der Waals surface area (Å²) in [4.78, 5) is 0. The van der Waals surface area contributed by atoms with Crippen LogP contribution in [0.2, 0.25) is 0 Å². The van der Waals surface area contributed by atoms with Gasteiger partial charge in [0.05, 0.1) is 6.54 Å². The molecule has 2 heteroatoms. The summed E-state index contributed by atoms with van der Waals surface area (Å²) >= 11 is 0. The van der Waals surface area contributed by atoms with E-state index in [1.807, 2.05) is 19.1 Å². The van der Waals surface area contributed by atoms with Crippen LogP contribution in [0.15, 0.2) is 18.2 Å². The molecule has 1 unspecified atom stereocenters. The Labute approximate surface area is 98.0 Å². The zero-order valence-electron chi connectivity index (χ0n) is 10.2. The minimum absolute atomic E-state index is 0.119. The van der Waals surface area contributed by atoms with Gasteiger partial charge in [-0.3, -0.25) is 0 Å². The third kappa shape index (κ3) is 3.60. The highest BCUT2D eigenvalue weighted by molar-refractivity contribution is 5.38. The average molecular weight is 217 g/mol. The quantitative estimate of drug-likeness (QED) is 0.603. The van der Waals surface area contributed by atoms with Crippen molar-refractivity contribution >= 4 is 0 Å². The SMILES string of the molecule is C#CCNCC(C)Oc1cccc(C)c1C. The zero-order valence-corrected chi connectivity index (χ0v) is 10.2. The van der Waals surface area contributed by atoms with Gasteiger partial charge in [0.15, 0.2) is 0 Å². The Morgan fingerprint density at radius 3 is 2.88 bits per heavy atom. The smallest absolute Gasteiger partial charge is 0.122 e. The van der Waals surface area contributed by atoms with Gasteiger partial charge < -0.3 is 10.1 Å². The van der Waals surface area contributed by atoms with E-state index in [9.17, 15) is 0 Å². The van der Waals surface area contributed by atoms with E-state index in [4.69, 9.17) is 11.2 Å². The van der Waals surface area contributed by atoms with Crippen LogP contribution in [-0.4, -0.2) is 19.2 Å². The zero-order chi connectivity index (χ0) is 12.0. The van der Waals surface area contributed by atoms with E-state index in [1.54, 1.807) is 0 Å². The number of aryl methyl sites for hydroxylation is 1. The molecule has 86 valence electrons. The fourth-order valence-electron chi connectivity index (χ4n) is 1.46. The fraction of sp³-hybridized carbons (Fsp3) is 0.429. The molecule has 1 aromatic carbocycles. The maximum absolute atomic E-state index is 5.84. The molecule has 1 aromatic rings. The fourth-order valence-corrected chi connectivity index (χ4v) is 1.46. The van der Waals surface area contributed by atoms with Crippen LogP contribution in [0.4, 0.5) is 0 Å². The Morgan fingerprint density at radius 2 is 2.19 bits per heavy atom. The van der Waals surface area contributed by atoms with Gasteiger partial charge in [-0.2, -0.15) is 0 Å². The van der Waals surface area contributed by atoms with Gasteiger partial charge >= 0.3 is 0 Å². The number of nitrogens with one attached hydrogen (secondary N) is 1. The molecule has 0 aliphatic carbocycles. The van der Waals surface area contributed by atoms with E-state index in [1.165, 1.54) is 11.1 Å². The number of rotatable bonds is 5. The lowest BCUT2D eigenvalue weighted by Crippen LogP contribution is -2.29. The van der Waals surface area contributed by atoms with Crippen LogP contribution in [0, 0.1) is 26.2 Å². The van der Waals surface area contributed by atoms with E-state index in [2.05, 4.69) is 31.2 Å². The van der Waals surface area contributed by atoms with Crippen molar-refractivity contribution in [1.29, 1.82) is 0 Å². The number of terminal acetylenes is 1.